The number of nitrogens with zero attached hydrogens (tertiary/aromatic N) is 1. The van der Waals surface area contributed by atoms with Gasteiger partial charge in [0.1, 0.15) is 0 Å². The van der Waals surface area contributed by atoms with Gasteiger partial charge in [-0.25, -0.2) is 0 Å². The molecule has 0 saturated heterocycles. The van der Waals surface area contributed by atoms with Crippen molar-refractivity contribution < 1.29 is 0 Å². The third-order valence-corrected chi connectivity index (χ3v) is 0.589. The van der Waals surface area contributed by atoms with E-state index >= 15 is 0 Å². The van der Waals surface area contributed by atoms with E-state index in [1.165, 1.54) is 5.67 Å². The van der Waals surface area contributed by atoms with E-state index < -0.39 is 0 Å². The highest BCUT2D eigenvalue weighted by atomic mass is 36.0. The summed E-state index contributed by atoms with van der Waals surface area (Å²) in [7, 11) is 10.1. The Morgan fingerprint density at radius 1 is 1.60 bits per heavy atom. The molecule has 6 heteroatoms. The summed E-state index contributed by atoms with van der Waals surface area (Å²) < 4.78 is 0. The molecule has 60 valence electrons. The van der Waals surface area contributed by atoms with E-state index in [1.54, 1.807) is 0 Å². The summed E-state index contributed by atoms with van der Waals surface area (Å²) in [6, 6.07) is 0. The molecule has 0 radical (unpaired) electrons. The number of aliphatic imine (C=N–C) groups is 1. The standard InChI is InChI=1S/C4H5Cl2N.Cl2S/c1-4(6)2-7-3-5;1-3-2/h3H,1-2H2;. The summed E-state index contributed by atoms with van der Waals surface area (Å²) in [4.78, 5) is 3.58. The van der Waals surface area contributed by atoms with Crippen LogP contribution in [-0.4, -0.2) is 12.2 Å². The van der Waals surface area contributed by atoms with Crippen molar-refractivity contribution in [3.05, 3.63) is 11.6 Å². The van der Waals surface area contributed by atoms with Crippen molar-refractivity contribution in [1.29, 1.82) is 0 Å². The Bertz CT molecular complexity index is 105. The second-order valence-corrected chi connectivity index (χ2v) is 3.26. The SMILES string of the molecule is C=C(Cl)CN=CCl.ClSCl. The van der Waals surface area contributed by atoms with Crippen molar-refractivity contribution >= 4 is 60.4 Å². The lowest BCUT2D eigenvalue weighted by Crippen LogP contribution is -1.73. The first kappa shape index (κ1) is 13.5. The predicted molar refractivity (Wildman–Crippen MR) is 53.5 cm³/mol. The monoisotopic (exact) mass is 239 g/mol. The van der Waals surface area contributed by atoms with E-state index in [1.807, 2.05) is 0 Å². The highest BCUT2D eigenvalue weighted by Gasteiger charge is 1.77. The van der Waals surface area contributed by atoms with Gasteiger partial charge >= 0.3 is 0 Å². The average Bonchev–Trinajstić information content (AvgIpc) is 1.85. The minimum Gasteiger partial charge on any atom is -0.275 e. The number of rotatable bonds is 2. The molecule has 0 saturated carbocycles. The lowest BCUT2D eigenvalue weighted by molar-refractivity contribution is 1.25. The molecule has 0 aliphatic heterocycles. The average molecular weight is 241 g/mol. The van der Waals surface area contributed by atoms with E-state index in [0.717, 1.165) is 0 Å². The number of hydrogen-bond donors (Lipinski definition) is 0. The fourth-order valence-electron chi connectivity index (χ4n) is 0.134. The summed E-state index contributed by atoms with van der Waals surface area (Å²) in [6.07, 6.45) is 0. The third-order valence-electron chi connectivity index (χ3n) is 0.332. The van der Waals surface area contributed by atoms with Gasteiger partial charge in [-0.3, -0.25) is 4.99 Å². The molecule has 0 rings (SSSR count). The molecule has 0 N–H and O–H groups in total. The van der Waals surface area contributed by atoms with Crippen molar-refractivity contribution in [2.45, 2.75) is 0 Å². The van der Waals surface area contributed by atoms with Crippen LogP contribution in [0.2, 0.25) is 0 Å². The molecule has 0 heterocycles. The van der Waals surface area contributed by atoms with Crippen LogP contribution in [0.15, 0.2) is 16.6 Å². The van der Waals surface area contributed by atoms with Crippen LogP contribution in [0.3, 0.4) is 0 Å². The van der Waals surface area contributed by atoms with Crippen molar-refractivity contribution in [3.63, 3.8) is 0 Å². The van der Waals surface area contributed by atoms with E-state index in [4.69, 9.17) is 23.2 Å². The maximum atomic E-state index is 5.29. The first-order chi connectivity index (χ1) is 4.68. The molecule has 1 nitrogen and oxygen atoms in total. The Hall–Kier alpha value is 0.920. The smallest absolute Gasteiger partial charge is 0.0875 e. The Labute approximate surface area is 83.4 Å². The number of hydrogen-bond acceptors (Lipinski definition) is 2. The van der Waals surface area contributed by atoms with Crippen LogP contribution in [0.1, 0.15) is 0 Å². The molecule has 0 fully saturated rings. The van der Waals surface area contributed by atoms with E-state index in [2.05, 4.69) is 32.9 Å². The quantitative estimate of drug-likeness (QED) is 0.664. The van der Waals surface area contributed by atoms with Gasteiger partial charge in [0.05, 0.1) is 22.4 Å². The van der Waals surface area contributed by atoms with Gasteiger partial charge in [-0.1, -0.05) is 29.8 Å². The van der Waals surface area contributed by atoms with Gasteiger partial charge in [-0.15, -0.1) is 0 Å². The zero-order valence-corrected chi connectivity index (χ0v) is 8.70. The predicted octanol–water partition coefficient (Wildman–Crippen LogP) is 4.03. The van der Waals surface area contributed by atoms with Gasteiger partial charge in [-0.2, -0.15) is 0 Å². The summed E-state index contributed by atoms with van der Waals surface area (Å²) in [6.45, 7) is 3.79. The molecule has 0 spiro atoms. The van der Waals surface area contributed by atoms with Crippen molar-refractivity contribution in [2.75, 3.05) is 6.54 Å². The first-order valence-electron chi connectivity index (χ1n) is 2.00. The molecule has 0 aliphatic carbocycles. The van der Waals surface area contributed by atoms with Crippen LogP contribution in [0.25, 0.3) is 0 Å². The summed E-state index contributed by atoms with van der Waals surface area (Å²) >= 11 is 10.3. The van der Waals surface area contributed by atoms with Crippen LogP contribution >= 0.6 is 54.8 Å². The second kappa shape index (κ2) is 12.6. The topological polar surface area (TPSA) is 12.4 Å². The maximum Gasteiger partial charge on any atom is 0.0875 e. The zero-order valence-electron chi connectivity index (χ0n) is 4.86. The molecular weight excluding hydrogens is 236 g/mol. The molecule has 0 aromatic heterocycles. The van der Waals surface area contributed by atoms with Gasteiger partial charge in [0.25, 0.3) is 0 Å². The molecule has 0 aliphatic rings. The number of halogens is 4. The Morgan fingerprint density at radius 2 is 2.00 bits per heavy atom. The Balaban J connectivity index is 0. The van der Waals surface area contributed by atoms with Crippen molar-refractivity contribution in [2.24, 2.45) is 4.99 Å². The summed E-state index contributed by atoms with van der Waals surface area (Å²) in [5, 5.41) is 0.497. The molecule has 0 atom stereocenters. The maximum absolute atomic E-state index is 5.29. The Morgan fingerprint density at radius 3 is 2.10 bits per heavy atom. The van der Waals surface area contributed by atoms with Crippen LogP contribution in [0.5, 0.6) is 0 Å². The highest BCUT2D eigenvalue weighted by molar-refractivity contribution is 8.38. The van der Waals surface area contributed by atoms with E-state index in [9.17, 15) is 0 Å². The Kier molecular flexibility index (Phi) is 17.0. The molecule has 0 aromatic carbocycles. The van der Waals surface area contributed by atoms with Gasteiger partial charge in [-0.05, 0) is 21.4 Å². The zero-order chi connectivity index (χ0) is 8.41. The normalized spacial score (nSPS) is 8.80. The third kappa shape index (κ3) is 23.1. The van der Waals surface area contributed by atoms with Crippen molar-refractivity contribution in [1.82, 2.24) is 0 Å². The van der Waals surface area contributed by atoms with Gasteiger partial charge < -0.3 is 0 Å². The van der Waals surface area contributed by atoms with Gasteiger partial charge in [0.2, 0.25) is 0 Å². The van der Waals surface area contributed by atoms with Crippen LogP contribution in [0.4, 0.5) is 0 Å². The molecule has 0 aromatic rings. The lowest BCUT2D eigenvalue weighted by atomic mass is 10.6. The molecule has 10 heavy (non-hydrogen) atoms. The van der Waals surface area contributed by atoms with Gasteiger partial charge in [0, 0.05) is 5.03 Å². The first-order valence-corrected chi connectivity index (χ1v) is 5.28. The highest BCUT2D eigenvalue weighted by Crippen LogP contribution is 2.08. The minimum atomic E-state index is 0.408. The van der Waals surface area contributed by atoms with Crippen LogP contribution in [-0.2, 0) is 0 Å². The van der Waals surface area contributed by atoms with Crippen molar-refractivity contribution in [3.8, 4) is 0 Å². The second-order valence-electron chi connectivity index (χ2n) is 1.01. The minimum absolute atomic E-state index is 0.408. The fraction of sp³-hybridized carbons (Fsp3) is 0.250. The molecule has 0 amide bonds. The lowest BCUT2D eigenvalue weighted by Gasteiger charge is -1.81. The largest absolute Gasteiger partial charge is 0.275 e. The molecule has 0 bridgehead atoms. The van der Waals surface area contributed by atoms with E-state index in [0.29, 0.717) is 21.8 Å². The van der Waals surface area contributed by atoms with E-state index in [-0.39, 0.29) is 0 Å². The molecular formula is C4H5Cl4NS. The van der Waals surface area contributed by atoms with Crippen LogP contribution < -0.4 is 0 Å². The molecule has 0 unspecified atom stereocenters. The van der Waals surface area contributed by atoms with Crippen LogP contribution in [0, 0.1) is 0 Å². The fourth-order valence-corrected chi connectivity index (χ4v) is 0.272. The summed E-state index contributed by atoms with van der Waals surface area (Å²) in [5.41, 5.74) is 1.17. The summed E-state index contributed by atoms with van der Waals surface area (Å²) in [5.74, 6) is 0. The van der Waals surface area contributed by atoms with Gasteiger partial charge in [0.15, 0.2) is 0 Å².